The van der Waals surface area contributed by atoms with Crippen LogP contribution in [-0.2, 0) is 19.5 Å². The first kappa shape index (κ1) is 23.1. The van der Waals surface area contributed by atoms with E-state index in [0.717, 1.165) is 37.3 Å². The van der Waals surface area contributed by atoms with Crippen LogP contribution in [0.4, 0.5) is 4.39 Å². The zero-order valence-electron chi connectivity index (χ0n) is 18.5. The molecule has 0 aliphatic carbocycles. The number of aliphatic hydroxyl groups excluding tert-OH is 1. The Kier molecular flexibility index (Phi) is 7.83. The molecule has 8 heteroatoms. The predicted molar refractivity (Wildman–Crippen MR) is 122 cm³/mol. The minimum atomic E-state index is -0.387. The van der Waals surface area contributed by atoms with Crippen LogP contribution in [0, 0.1) is 5.82 Å². The smallest absolute Gasteiger partial charge is 0.273 e. The Bertz CT molecular complexity index is 1020. The average molecular weight is 453 g/mol. The van der Waals surface area contributed by atoms with Gasteiger partial charge in [0.25, 0.3) is 5.91 Å². The molecule has 1 fully saturated rings. The number of aromatic nitrogens is 1. The van der Waals surface area contributed by atoms with E-state index in [1.165, 1.54) is 18.4 Å². The number of amides is 1. The Morgan fingerprint density at radius 2 is 1.73 bits per heavy atom. The van der Waals surface area contributed by atoms with Gasteiger partial charge in [-0.05, 0) is 29.7 Å². The number of hydrogen-bond donors (Lipinski definition) is 2. The molecule has 33 heavy (non-hydrogen) atoms. The van der Waals surface area contributed by atoms with Crippen LogP contribution < -0.4 is 5.32 Å². The van der Waals surface area contributed by atoms with Crippen molar-refractivity contribution in [3.05, 3.63) is 89.4 Å². The topological polar surface area (TPSA) is 81.8 Å². The highest BCUT2D eigenvalue weighted by Gasteiger charge is 2.21. The zero-order valence-corrected chi connectivity index (χ0v) is 18.5. The number of piperazine rings is 1. The average Bonchev–Trinajstić information content (AvgIpc) is 3.29. The molecule has 1 amide bonds. The number of carbonyl (C=O) groups is 1. The van der Waals surface area contributed by atoms with Crippen LogP contribution in [-0.4, -0.2) is 64.6 Å². The summed E-state index contributed by atoms with van der Waals surface area (Å²) in [5.41, 5.74) is 2.18. The second-order valence-corrected chi connectivity index (χ2v) is 8.36. The molecule has 0 spiro atoms. The van der Waals surface area contributed by atoms with Crippen molar-refractivity contribution in [2.75, 3.05) is 32.7 Å². The third-order valence-electron chi connectivity index (χ3n) is 5.76. The van der Waals surface area contributed by atoms with E-state index in [4.69, 9.17) is 4.42 Å². The van der Waals surface area contributed by atoms with Gasteiger partial charge in [0.1, 0.15) is 12.1 Å². The Morgan fingerprint density at radius 3 is 2.45 bits per heavy atom. The molecule has 1 atom stereocenters. The van der Waals surface area contributed by atoms with E-state index >= 15 is 0 Å². The van der Waals surface area contributed by atoms with Gasteiger partial charge in [-0.1, -0.05) is 42.5 Å². The number of carbonyl (C=O) groups excluding carboxylic acids is 1. The van der Waals surface area contributed by atoms with Gasteiger partial charge in [0.2, 0.25) is 5.89 Å². The Balaban J connectivity index is 1.18. The van der Waals surface area contributed by atoms with Crippen molar-refractivity contribution < 1.29 is 18.7 Å². The van der Waals surface area contributed by atoms with Gasteiger partial charge in [-0.2, -0.15) is 0 Å². The molecule has 1 saturated heterocycles. The first-order chi connectivity index (χ1) is 16.0. The van der Waals surface area contributed by atoms with Gasteiger partial charge in [-0.3, -0.25) is 14.6 Å². The number of nitrogens with one attached hydrogen (secondary N) is 1. The van der Waals surface area contributed by atoms with E-state index in [9.17, 15) is 14.3 Å². The van der Waals surface area contributed by atoms with Gasteiger partial charge in [0, 0.05) is 39.3 Å². The van der Waals surface area contributed by atoms with E-state index in [-0.39, 0.29) is 23.5 Å². The molecule has 3 aromatic rings. The van der Waals surface area contributed by atoms with E-state index in [1.54, 1.807) is 12.1 Å². The summed E-state index contributed by atoms with van der Waals surface area (Å²) in [7, 11) is 0. The molecular weight excluding hydrogens is 423 g/mol. The van der Waals surface area contributed by atoms with Gasteiger partial charge >= 0.3 is 0 Å². The Morgan fingerprint density at radius 1 is 1.03 bits per heavy atom. The van der Waals surface area contributed by atoms with Gasteiger partial charge in [0.05, 0.1) is 12.6 Å². The molecule has 2 N–H and O–H groups in total. The molecule has 174 valence electrons. The highest BCUT2D eigenvalue weighted by atomic mass is 19.1. The summed E-state index contributed by atoms with van der Waals surface area (Å²) >= 11 is 0. The summed E-state index contributed by atoms with van der Waals surface area (Å²) in [6.45, 7) is 4.87. The minimum Gasteiger partial charge on any atom is -0.447 e. The summed E-state index contributed by atoms with van der Waals surface area (Å²) < 4.78 is 18.5. The molecule has 1 aromatic heterocycles. The molecule has 0 unspecified atom stereocenters. The Labute approximate surface area is 192 Å². The molecular formula is C25H29FN4O3. The van der Waals surface area contributed by atoms with Crippen molar-refractivity contribution in [1.82, 2.24) is 20.1 Å². The summed E-state index contributed by atoms with van der Waals surface area (Å²) in [5.74, 6) is -0.138. The molecule has 0 radical (unpaired) electrons. The van der Waals surface area contributed by atoms with Crippen molar-refractivity contribution in [2.24, 2.45) is 0 Å². The van der Waals surface area contributed by atoms with E-state index in [1.807, 2.05) is 30.3 Å². The van der Waals surface area contributed by atoms with Gasteiger partial charge in [-0.25, -0.2) is 9.37 Å². The number of hydrogen-bond acceptors (Lipinski definition) is 6. The minimum absolute atomic E-state index is 0.231. The zero-order chi connectivity index (χ0) is 23.0. The quantitative estimate of drug-likeness (QED) is 0.519. The first-order valence-corrected chi connectivity index (χ1v) is 11.2. The number of oxazole rings is 1. The van der Waals surface area contributed by atoms with Crippen LogP contribution in [0.3, 0.4) is 0 Å². The van der Waals surface area contributed by atoms with Crippen molar-refractivity contribution in [1.29, 1.82) is 0 Å². The van der Waals surface area contributed by atoms with Crippen molar-refractivity contribution in [2.45, 2.75) is 25.6 Å². The highest BCUT2D eigenvalue weighted by molar-refractivity contribution is 5.91. The summed E-state index contributed by atoms with van der Waals surface area (Å²) in [6.07, 6.45) is 1.64. The van der Waals surface area contributed by atoms with Crippen LogP contribution in [0.25, 0.3) is 0 Å². The largest absolute Gasteiger partial charge is 0.447 e. The standard InChI is InChI=1S/C25H29FN4O3/c26-21-8-6-20(7-9-21)15-27-25(32)23-18-33-24(28-23)17-30-12-10-29(11-13-30)16-22(31)14-19-4-2-1-3-5-19/h1-9,18,22,31H,10-17H2,(H,27,32)/t22-/m1/s1. The van der Waals surface area contributed by atoms with Crippen LogP contribution in [0.15, 0.2) is 65.3 Å². The summed E-state index contributed by atoms with van der Waals surface area (Å²) in [6, 6.07) is 16.0. The molecule has 1 aliphatic rings. The fourth-order valence-corrected chi connectivity index (χ4v) is 3.93. The molecule has 1 aliphatic heterocycles. The molecule has 4 rings (SSSR count). The summed E-state index contributed by atoms with van der Waals surface area (Å²) in [4.78, 5) is 21.1. The van der Waals surface area contributed by atoms with E-state index in [0.29, 0.717) is 31.9 Å². The lowest BCUT2D eigenvalue weighted by molar-refractivity contribution is 0.0675. The fourth-order valence-electron chi connectivity index (χ4n) is 3.93. The third-order valence-corrected chi connectivity index (χ3v) is 5.76. The maximum atomic E-state index is 13.0. The normalized spacial score (nSPS) is 15.9. The van der Waals surface area contributed by atoms with Gasteiger partial charge < -0.3 is 14.8 Å². The SMILES string of the molecule is O=C(NCc1ccc(F)cc1)c1coc(CN2CCN(C[C@H](O)Cc3ccccc3)CC2)n1. The fraction of sp³-hybridized carbons (Fsp3) is 0.360. The lowest BCUT2D eigenvalue weighted by Gasteiger charge is -2.35. The van der Waals surface area contributed by atoms with Crippen LogP contribution >= 0.6 is 0 Å². The van der Waals surface area contributed by atoms with Crippen LogP contribution in [0.2, 0.25) is 0 Å². The number of rotatable bonds is 9. The van der Waals surface area contributed by atoms with Gasteiger partial charge in [0.15, 0.2) is 5.69 Å². The monoisotopic (exact) mass is 452 g/mol. The number of nitrogens with zero attached hydrogens (tertiary/aromatic N) is 3. The molecule has 2 heterocycles. The molecule has 2 aromatic carbocycles. The number of aliphatic hydroxyl groups is 1. The number of β-amino-alcohol motifs (C(OH)–C–C–N with tert-alkyl or cyclic N) is 1. The Hall–Kier alpha value is -3.07. The van der Waals surface area contributed by atoms with Crippen molar-refractivity contribution in [3.8, 4) is 0 Å². The van der Waals surface area contributed by atoms with Crippen molar-refractivity contribution >= 4 is 5.91 Å². The van der Waals surface area contributed by atoms with Crippen molar-refractivity contribution in [3.63, 3.8) is 0 Å². The summed E-state index contributed by atoms with van der Waals surface area (Å²) in [5, 5.41) is 13.2. The second-order valence-electron chi connectivity index (χ2n) is 8.36. The third kappa shape index (κ3) is 6.95. The predicted octanol–water partition coefficient (Wildman–Crippen LogP) is 2.46. The molecule has 0 saturated carbocycles. The lowest BCUT2D eigenvalue weighted by atomic mass is 10.1. The molecule has 0 bridgehead atoms. The first-order valence-electron chi connectivity index (χ1n) is 11.2. The van der Waals surface area contributed by atoms with Crippen LogP contribution in [0.1, 0.15) is 27.5 Å². The second kappa shape index (κ2) is 11.2. The van der Waals surface area contributed by atoms with E-state index < -0.39 is 0 Å². The number of halogens is 1. The maximum absolute atomic E-state index is 13.0. The van der Waals surface area contributed by atoms with E-state index in [2.05, 4.69) is 20.1 Å². The maximum Gasteiger partial charge on any atom is 0.273 e. The lowest BCUT2D eigenvalue weighted by Crippen LogP contribution is -2.48. The highest BCUT2D eigenvalue weighted by Crippen LogP contribution is 2.11. The number of benzene rings is 2. The molecule has 7 nitrogen and oxygen atoms in total. The van der Waals surface area contributed by atoms with Gasteiger partial charge in [-0.15, -0.1) is 0 Å². The van der Waals surface area contributed by atoms with Crippen LogP contribution in [0.5, 0.6) is 0 Å².